The Bertz CT molecular complexity index is 694. The van der Waals surface area contributed by atoms with Gasteiger partial charge in [0, 0.05) is 5.69 Å². The number of aryl methyl sites for hydroxylation is 1. The fourth-order valence-corrected chi connectivity index (χ4v) is 1.99. The van der Waals surface area contributed by atoms with E-state index in [4.69, 9.17) is 4.74 Å². The molecule has 0 fully saturated rings. The average molecular weight is 313 g/mol. The van der Waals surface area contributed by atoms with E-state index in [2.05, 4.69) is 5.32 Å². The molecule has 0 aliphatic heterocycles. The van der Waals surface area contributed by atoms with E-state index in [9.17, 15) is 14.7 Å². The van der Waals surface area contributed by atoms with Crippen LogP contribution in [0.1, 0.15) is 29.8 Å². The predicted octanol–water partition coefficient (Wildman–Crippen LogP) is 3.14. The van der Waals surface area contributed by atoms with Crippen LogP contribution in [0.5, 0.6) is 5.75 Å². The number of hydrogen-bond acceptors (Lipinski definition) is 4. The van der Waals surface area contributed by atoms with Crippen LogP contribution in [0.25, 0.3) is 0 Å². The average Bonchev–Trinajstić information content (AvgIpc) is 2.55. The highest BCUT2D eigenvalue weighted by Crippen LogP contribution is 2.17. The lowest BCUT2D eigenvalue weighted by Gasteiger charge is -2.14. The molecule has 0 aromatic heterocycles. The maximum absolute atomic E-state index is 12.1. The Morgan fingerprint density at radius 3 is 2.39 bits per heavy atom. The highest BCUT2D eigenvalue weighted by molar-refractivity contribution is 5.98. The third kappa shape index (κ3) is 4.32. The quantitative estimate of drug-likeness (QED) is 0.832. The third-order valence-corrected chi connectivity index (χ3v) is 3.41. The monoisotopic (exact) mass is 313 g/mol. The molecule has 1 amide bonds. The van der Waals surface area contributed by atoms with Crippen LogP contribution in [0.3, 0.4) is 0 Å². The van der Waals surface area contributed by atoms with Gasteiger partial charge < -0.3 is 15.2 Å². The Labute approximate surface area is 134 Å². The number of para-hydroxylation sites is 1. The summed E-state index contributed by atoms with van der Waals surface area (Å²) in [4.78, 5) is 24.0. The summed E-state index contributed by atoms with van der Waals surface area (Å²) in [6.07, 6.45) is -0.0593. The van der Waals surface area contributed by atoms with Crippen molar-refractivity contribution in [2.24, 2.45) is 0 Å². The number of hydrogen-bond donors (Lipinski definition) is 2. The summed E-state index contributed by atoms with van der Waals surface area (Å²) < 4.78 is 5.09. The molecule has 5 nitrogen and oxygen atoms in total. The number of amides is 1. The second-order valence-electron chi connectivity index (χ2n) is 5.10. The fraction of sp³-hybridized carbons (Fsp3) is 0.222. The maximum atomic E-state index is 12.1. The van der Waals surface area contributed by atoms with Crippen molar-refractivity contribution in [3.05, 3.63) is 59.7 Å². The number of aromatic hydroxyl groups is 1. The molecule has 2 N–H and O–H groups in total. The van der Waals surface area contributed by atoms with Gasteiger partial charge in [-0.25, -0.2) is 4.79 Å². The zero-order valence-electron chi connectivity index (χ0n) is 13.1. The van der Waals surface area contributed by atoms with Gasteiger partial charge in [0.1, 0.15) is 11.3 Å². The molecule has 0 bridgehead atoms. The molecule has 0 aliphatic rings. The van der Waals surface area contributed by atoms with Crippen molar-refractivity contribution in [1.29, 1.82) is 0 Å². The van der Waals surface area contributed by atoms with Gasteiger partial charge in [0.2, 0.25) is 0 Å². The number of phenolic OH excluding ortho intramolecular Hbond substituents is 1. The van der Waals surface area contributed by atoms with E-state index in [1.807, 2.05) is 19.1 Å². The van der Waals surface area contributed by atoms with E-state index >= 15 is 0 Å². The van der Waals surface area contributed by atoms with Gasteiger partial charge in [-0.3, -0.25) is 4.79 Å². The molecule has 0 aliphatic carbocycles. The molecule has 2 rings (SSSR count). The maximum Gasteiger partial charge on any atom is 0.342 e. The normalized spacial score (nSPS) is 11.6. The lowest BCUT2D eigenvalue weighted by molar-refractivity contribution is -0.123. The summed E-state index contributed by atoms with van der Waals surface area (Å²) >= 11 is 0. The van der Waals surface area contributed by atoms with Gasteiger partial charge in [0.05, 0.1) is 0 Å². The molecule has 23 heavy (non-hydrogen) atoms. The van der Waals surface area contributed by atoms with Crippen molar-refractivity contribution in [2.75, 3.05) is 5.32 Å². The summed E-state index contributed by atoms with van der Waals surface area (Å²) in [6, 6.07) is 13.5. The van der Waals surface area contributed by atoms with Crippen LogP contribution in [0, 0.1) is 0 Å². The van der Waals surface area contributed by atoms with Crippen LogP contribution in [0.2, 0.25) is 0 Å². The number of rotatable bonds is 5. The molecule has 0 heterocycles. The number of carbonyl (C=O) groups excluding carboxylic acids is 2. The molecular formula is C18H19NO4. The topological polar surface area (TPSA) is 75.6 Å². The first-order chi connectivity index (χ1) is 11.0. The van der Waals surface area contributed by atoms with Crippen LogP contribution < -0.4 is 5.32 Å². The van der Waals surface area contributed by atoms with Gasteiger partial charge in [-0.1, -0.05) is 31.2 Å². The van der Waals surface area contributed by atoms with Gasteiger partial charge in [-0.05, 0) is 43.2 Å². The Hall–Kier alpha value is -2.82. The van der Waals surface area contributed by atoms with E-state index in [1.54, 1.807) is 24.3 Å². The summed E-state index contributed by atoms with van der Waals surface area (Å²) in [5.74, 6) is -1.36. The number of carbonyl (C=O) groups is 2. The number of esters is 1. The van der Waals surface area contributed by atoms with Crippen LogP contribution in [0.4, 0.5) is 5.69 Å². The number of ether oxygens (including phenoxy) is 1. The van der Waals surface area contributed by atoms with E-state index in [0.29, 0.717) is 5.69 Å². The zero-order valence-corrected chi connectivity index (χ0v) is 13.1. The first-order valence-electron chi connectivity index (χ1n) is 7.40. The lowest BCUT2D eigenvalue weighted by Crippen LogP contribution is -2.30. The first kappa shape index (κ1) is 16.5. The van der Waals surface area contributed by atoms with E-state index in [0.717, 1.165) is 6.42 Å². The van der Waals surface area contributed by atoms with Crippen LogP contribution >= 0.6 is 0 Å². The highest BCUT2D eigenvalue weighted by atomic mass is 16.5. The Balaban J connectivity index is 1.96. The van der Waals surface area contributed by atoms with Gasteiger partial charge in [0.25, 0.3) is 5.91 Å². The smallest absolute Gasteiger partial charge is 0.342 e. The second-order valence-corrected chi connectivity index (χ2v) is 5.10. The molecule has 0 saturated heterocycles. The molecule has 2 aromatic rings. The molecule has 5 heteroatoms. The predicted molar refractivity (Wildman–Crippen MR) is 87.4 cm³/mol. The van der Waals surface area contributed by atoms with Crippen molar-refractivity contribution in [1.82, 2.24) is 0 Å². The Morgan fingerprint density at radius 2 is 1.78 bits per heavy atom. The molecule has 2 aromatic carbocycles. The Morgan fingerprint density at radius 1 is 1.13 bits per heavy atom. The van der Waals surface area contributed by atoms with Crippen LogP contribution in [-0.2, 0) is 16.0 Å². The molecule has 0 spiro atoms. The van der Waals surface area contributed by atoms with E-state index in [-0.39, 0.29) is 11.3 Å². The molecule has 1 atom stereocenters. The second kappa shape index (κ2) is 7.45. The van der Waals surface area contributed by atoms with E-state index in [1.165, 1.54) is 24.6 Å². The van der Waals surface area contributed by atoms with Crippen molar-refractivity contribution in [3.8, 4) is 5.75 Å². The minimum absolute atomic E-state index is 0.0273. The van der Waals surface area contributed by atoms with Crippen molar-refractivity contribution in [3.63, 3.8) is 0 Å². The number of anilines is 1. The molecule has 0 radical (unpaired) electrons. The summed E-state index contributed by atoms with van der Waals surface area (Å²) in [5, 5.41) is 12.3. The van der Waals surface area contributed by atoms with Crippen molar-refractivity contribution in [2.45, 2.75) is 26.4 Å². The van der Waals surface area contributed by atoms with Gasteiger partial charge in [-0.15, -0.1) is 0 Å². The largest absolute Gasteiger partial charge is 0.507 e. The SMILES string of the molecule is CCc1ccc(NC(=O)[C@@H](C)OC(=O)c2ccccc2O)cc1. The standard InChI is InChI=1S/C18H19NO4/c1-3-13-8-10-14(11-9-13)19-17(21)12(2)23-18(22)15-6-4-5-7-16(15)20/h4-12,20H,3H2,1-2H3,(H,19,21)/t12-/m1/s1. The molecule has 0 saturated carbocycles. The fourth-order valence-electron chi connectivity index (χ4n) is 1.99. The van der Waals surface area contributed by atoms with Gasteiger partial charge >= 0.3 is 5.97 Å². The zero-order chi connectivity index (χ0) is 16.8. The molecular weight excluding hydrogens is 294 g/mol. The Kier molecular flexibility index (Phi) is 5.36. The number of nitrogens with one attached hydrogen (secondary N) is 1. The van der Waals surface area contributed by atoms with Crippen molar-refractivity contribution < 1.29 is 19.4 Å². The number of phenols is 1. The molecule has 120 valence electrons. The first-order valence-corrected chi connectivity index (χ1v) is 7.40. The minimum atomic E-state index is -0.979. The summed E-state index contributed by atoms with van der Waals surface area (Å²) in [6.45, 7) is 3.53. The summed E-state index contributed by atoms with van der Waals surface area (Å²) in [5.41, 5.74) is 1.83. The molecule has 0 unspecified atom stereocenters. The van der Waals surface area contributed by atoms with E-state index < -0.39 is 18.0 Å². The highest BCUT2D eigenvalue weighted by Gasteiger charge is 2.20. The lowest BCUT2D eigenvalue weighted by atomic mass is 10.1. The van der Waals surface area contributed by atoms with Crippen molar-refractivity contribution >= 4 is 17.6 Å². The van der Waals surface area contributed by atoms with Crippen LogP contribution in [0.15, 0.2) is 48.5 Å². The third-order valence-electron chi connectivity index (χ3n) is 3.41. The minimum Gasteiger partial charge on any atom is -0.507 e. The van der Waals surface area contributed by atoms with Gasteiger partial charge in [-0.2, -0.15) is 0 Å². The number of benzene rings is 2. The van der Waals surface area contributed by atoms with Crippen LogP contribution in [-0.4, -0.2) is 23.1 Å². The summed E-state index contributed by atoms with van der Waals surface area (Å²) in [7, 11) is 0. The van der Waals surface area contributed by atoms with Gasteiger partial charge in [0.15, 0.2) is 6.10 Å².